The highest BCUT2D eigenvalue weighted by molar-refractivity contribution is 6.31. The Balaban J connectivity index is 1.59. The zero-order chi connectivity index (χ0) is 27.4. The van der Waals surface area contributed by atoms with E-state index in [1.54, 1.807) is 4.90 Å². The molecule has 3 aromatic rings. The Morgan fingerprint density at radius 1 is 0.895 bits per heavy atom. The number of hydrogen-bond donors (Lipinski definition) is 2. The first kappa shape index (κ1) is 27.7. The van der Waals surface area contributed by atoms with Crippen molar-refractivity contribution in [1.82, 2.24) is 9.88 Å². The van der Waals surface area contributed by atoms with Crippen molar-refractivity contribution in [2.45, 2.75) is 12.6 Å². The lowest BCUT2D eigenvalue weighted by Gasteiger charge is -2.26. The van der Waals surface area contributed by atoms with Gasteiger partial charge in [-0.3, -0.25) is 9.59 Å². The average molecular weight is 566 g/mol. The lowest BCUT2D eigenvalue weighted by atomic mass is 10.1. The standard InChI is InChI=1S/C26H24Cl2F3N5O2/c1-35-9-2-10-36(12-11-35)22-7-3-16(13-20(22)26(29,30)31)24(37)33-21-6-4-17(27)14-19(21)25(38)34-23-8-5-18(28)15-32-23/h3-8,13-15H,2,9-12H2,1H3,(H,33,37)(H,32,34,38). The smallest absolute Gasteiger partial charge is 0.370 e. The Kier molecular flexibility index (Phi) is 8.44. The number of alkyl halides is 3. The number of nitrogens with one attached hydrogen (secondary N) is 2. The van der Waals surface area contributed by atoms with E-state index in [9.17, 15) is 22.8 Å². The van der Waals surface area contributed by atoms with Crippen LogP contribution in [0, 0.1) is 0 Å². The summed E-state index contributed by atoms with van der Waals surface area (Å²) in [7, 11) is 1.93. The normalized spacial score (nSPS) is 14.6. The molecule has 1 fully saturated rings. The fraction of sp³-hybridized carbons (Fsp3) is 0.269. The van der Waals surface area contributed by atoms with Crippen LogP contribution in [0.25, 0.3) is 0 Å². The minimum atomic E-state index is -4.67. The van der Waals surface area contributed by atoms with E-state index in [0.717, 1.165) is 19.0 Å². The summed E-state index contributed by atoms with van der Waals surface area (Å²) in [6, 6.07) is 10.7. The monoisotopic (exact) mass is 565 g/mol. The molecule has 7 nitrogen and oxygen atoms in total. The summed E-state index contributed by atoms with van der Waals surface area (Å²) in [5, 5.41) is 5.71. The molecule has 2 aromatic carbocycles. The molecule has 0 saturated carbocycles. The van der Waals surface area contributed by atoms with Crippen LogP contribution in [0.1, 0.15) is 32.7 Å². The first-order valence-electron chi connectivity index (χ1n) is 11.7. The van der Waals surface area contributed by atoms with Gasteiger partial charge in [0.05, 0.1) is 21.8 Å². The van der Waals surface area contributed by atoms with Gasteiger partial charge in [-0.1, -0.05) is 23.2 Å². The van der Waals surface area contributed by atoms with Crippen molar-refractivity contribution >= 4 is 52.2 Å². The molecule has 1 aliphatic rings. The predicted molar refractivity (Wildman–Crippen MR) is 142 cm³/mol. The molecule has 12 heteroatoms. The maximum Gasteiger partial charge on any atom is 0.418 e. The van der Waals surface area contributed by atoms with Crippen LogP contribution in [-0.2, 0) is 6.18 Å². The minimum absolute atomic E-state index is 0.00366. The highest BCUT2D eigenvalue weighted by Crippen LogP contribution is 2.38. The average Bonchev–Trinajstić information content (AvgIpc) is 3.09. The Bertz CT molecular complexity index is 1340. The van der Waals surface area contributed by atoms with Crippen molar-refractivity contribution < 1.29 is 22.8 Å². The minimum Gasteiger partial charge on any atom is -0.370 e. The SMILES string of the molecule is CN1CCCN(c2ccc(C(=O)Nc3ccc(Cl)cc3C(=O)Nc3ccc(Cl)cn3)cc2C(F)(F)F)CC1. The molecule has 0 radical (unpaired) electrons. The van der Waals surface area contributed by atoms with Gasteiger partial charge in [-0.15, -0.1) is 0 Å². The molecule has 1 aromatic heterocycles. The largest absolute Gasteiger partial charge is 0.418 e. The van der Waals surface area contributed by atoms with Crippen molar-refractivity contribution in [1.29, 1.82) is 0 Å². The summed E-state index contributed by atoms with van der Waals surface area (Å²) in [4.78, 5) is 33.7. The number of carbonyl (C=O) groups excluding carboxylic acids is 2. The number of hydrogen-bond acceptors (Lipinski definition) is 5. The van der Waals surface area contributed by atoms with E-state index in [4.69, 9.17) is 23.2 Å². The molecular weight excluding hydrogens is 542 g/mol. The third-order valence-electron chi connectivity index (χ3n) is 6.07. The Labute approximate surface area is 227 Å². The third kappa shape index (κ3) is 6.75. The third-order valence-corrected chi connectivity index (χ3v) is 6.53. The van der Waals surface area contributed by atoms with Crippen LogP contribution in [0.2, 0.25) is 10.0 Å². The predicted octanol–water partition coefficient (Wildman–Crippen LogP) is 6.05. The number of halogens is 5. The summed E-state index contributed by atoms with van der Waals surface area (Å²) in [6.45, 7) is 2.34. The Morgan fingerprint density at radius 3 is 2.37 bits per heavy atom. The van der Waals surface area contributed by atoms with Crippen molar-refractivity contribution in [2.24, 2.45) is 0 Å². The molecule has 38 heavy (non-hydrogen) atoms. The van der Waals surface area contributed by atoms with Gasteiger partial charge in [0.1, 0.15) is 5.82 Å². The van der Waals surface area contributed by atoms with Gasteiger partial charge in [-0.25, -0.2) is 4.98 Å². The van der Waals surface area contributed by atoms with E-state index >= 15 is 0 Å². The molecule has 1 saturated heterocycles. The zero-order valence-corrected chi connectivity index (χ0v) is 21.8. The zero-order valence-electron chi connectivity index (χ0n) is 20.3. The first-order chi connectivity index (χ1) is 18.0. The fourth-order valence-electron chi connectivity index (χ4n) is 4.11. The van der Waals surface area contributed by atoms with Crippen molar-refractivity contribution in [3.63, 3.8) is 0 Å². The molecule has 0 aliphatic carbocycles. The van der Waals surface area contributed by atoms with Gasteiger partial charge in [0.15, 0.2) is 0 Å². The number of rotatable bonds is 5. The Hall–Kier alpha value is -3.34. The van der Waals surface area contributed by atoms with E-state index in [1.165, 1.54) is 48.7 Å². The summed E-state index contributed by atoms with van der Waals surface area (Å²) in [5.74, 6) is -1.23. The summed E-state index contributed by atoms with van der Waals surface area (Å²) >= 11 is 11.9. The van der Waals surface area contributed by atoms with Gasteiger partial charge in [0, 0.05) is 42.1 Å². The van der Waals surface area contributed by atoms with Gasteiger partial charge in [-0.05, 0) is 68.5 Å². The van der Waals surface area contributed by atoms with Crippen LogP contribution in [-0.4, -0.2) is 54.9 Å². The molecule has 2 heterocycles. The topological polar surface area (TPSA) is 77.6 Å². The Morgan fingerprint density at radius 2 is 1.66 bits per heavy atom. The highest BCUT2D eigenvalue weighted by Gasteiger charge is 2.36. The van der Waals surface area contributed by atoms with Gasteiger partial charge in [0.25, 0.3) is 11.8 Å². The van der Waals surface area contributed by atoms with Crippen LogP contribution < -0.4 is 15.5 Å². The molecule has 1 aliphatic heterocycles. The number of anilines is 3. The summed E-state index contributed by atoms with van der Waals surface area (Å²) in [6.07, 6.45) is -2.59. The number of amides is 2. The van der Waals surface area contributed by atoms with Crippen molar-refractivity contribution in [3.05, 3.63) is 81.5 Å². The number of likely N-dealkylation sites (N-methyl/N-ethyl adjacent to an activating group) is 1. The van der Waals surface area contributed by atoms with Gasteiger partial charge in [-0.2, -0.15) is 13.2 Å². The van der Waals surface area contributed by atoms with Crippen molar-refractivity contribution in [3.8, 4) is 0 Å². The van der Waals surface area contributed by atoms with E-state index < -0.39 is 23.6 Å². The molecular formula is C26H24Cl2F3N5O2. The molecule has 2 N–H and O–H groups in total. The summed E-state index contributed by atoms with van der Waals surface area (Å²) in [5.41, 5.74) is -0.986. The maximum atomic E-state index is 14.0. The molecule has 0 bridgehead atoms. The number of pyridine rings is 1. The highest BCUT2D eigenvalue weighted by atomic mass is 35.5. The number of carbonyl (C=O) groups is 2. The van der Waals surface area contributed by atoms with E-state index in [-0.39, 0.29) is 33.3 Å². The summed E-state index contributed by atoms with van der Waals surface area (Å²) < 4.78 is 42.1. The number of aromatic nitrogens is 1. The van der Waals surface area contributed by atoms with E-state index in [0.29, 0.717) is 24.7 Å². The quantitative estimate of drug-likeness (QED) is 0.393. The number of nitrogens with zero attached hydrogens (tertiary/aromatic N) is 3. The van der Waals surface area contributed by atoms with Crippen LogP contribution in [0.3, 0.4) is 0 Å². The second-order valence-electron chi connectivity index (χ2n) is 8.83. The maximum absolute atomic E-state index is 14.0. The lowest BCUT2D eigenvalue weighted by molar-refractivity contribution is -0.137. The molecule has 0 atom stereocenters. The second-order valence-corrected chi connectivity index (χ2v) is 9.71. The van der Waals surface area contributed by atoms with Crippen LogP contribution in [0.4, 0.5) is 30.4 Å². The molecule has 0 unspecified atom stereocenters. The second kappa shape index (κ2) is 11.6. The van der Waals surface area contributed by atoms with Gasteiger partial charge >= 0.3 is 6.18 Å². The first-order valence-corrected chi connectivity index (χ1v) is 12.5. The fourth-order valence-corrected chi connectivity index (χ4v) is 4.39. The van der Waals surface area contributed by atoms with Crippen LogP contribution >= 0.6 is 23.2 Å². The van der Waals surface area contributed by atoms with Crippen LogP contribution in [0.15, 0.2) is 54.7 Å². The van der Waals surface area contributed by atoms with Gasteiger partial charge in [0.2, 0.25) is 0 Å². The molecule has 0 spiro atoms. The lowest BCUT2D eigenvalue weighted by Crippen LogP contribution is -2.30. The van der Waals surface area contributed by atoms with Crippen molar-refractivity contribution in [2.75, 3.05) is 48.8 Å². The molecule has 4 rings (SSSR count). The number of benzene rings is 2. The molecule has 200 valence electrons. The van der Waals surface area contributed by atoms with Crippen LogP contribution in [0.5, 0.6) is 0 Å². The van der Waals surface area contributed by atoms with E-state index in [1.807, 2.05) is 7.05 Å². The molecule has 2 amide bonds. The van der Waals surface area contributed by atoms with E-state index in [2.05, 4.69) is 20.5 Å². The van der Waals surface area contributed by atoms with Gasteiger partial charge < -0.3 is 20.4 Å².